The average molecular weight is 300 g/mol. The summed E-state index contributed by atoms with van der Waals surface area (Å²) in [5.41, 5.74) is 1.11. The zero-order valence-corrected chi connectivity index (χ0v) is 13.7. The normalized spacial score (nSPS) is 10.9. The number of hydrogen-bond donors (Lipinski definition) is 1. The van der Waals surface area contributed by atoms with E-state index >= 15 is 0 Å². The summed E-state index contributed by atoms with van der Waals surface area (Å²) in [5.74, 6) is 1.32. The molecule has 0 aliphatic heterocycles. The van der Waals surface area contributed by atoms with Crippen molar-refractivity contribution in [2.45, 2.75) is 52.7 Å². The Morgan fingerprint density at radius 1 is 1.25 bits per heavy atom. The van der Waals surface area contributed by atoms with E-state index in [4.69, 9.17) is 21.1 Å². The van der Waals surface area contributed by atoms with Crippen LogP contribution in [0.1, 0.15) is 45.6 Å². The average Bonchev–Trinajstić information content (AvgIpc) is 2.40. The molecule has 0 aliphatic rings. The molecule has 0 atom stereocenters. The number of rotatable bonds is 9. The van der Waals surface area contributed by atoms with Crippen LogP contribution < -0.4 is 14.8 Å². The third-order valence-corrected chi connectivity index (χ3v) is 3.21. The van der Waals surface area contributed by atoms with E-state index in [2.05, 4.69) is 12.2 Å². The number of nitrogens with one attached hydrogen (secondary N) is 1. The number of unbranched alkanes of at least 4 members (excludes halogenated alkanes) is 2. The van der Waals surface area contributed by atoms with Crippen LogP contribution >= 0.6 is 11.6 Å². The molecule has 0 saturated carbocycles. The van der Waals surface area contributed by atoms with Crippen LogP contribution in [0.25, 0.3) is 0 Å². The molecular weight excluding hydrogens is 274 g/mol. The third kappa shape index (κ3) is 5.59. The number of hydrogen-bond acceptors (Lipinski definition) is 3. The molecule has 0 saturated heterocycles. The minimum absolute atomic E-state index is 0.0689. The first-order valence-electron chi connectivity index (χ1n) is 7.32. The van der Waals surface area contributed by atoms with Crippen molar-refractivity contribution >= 4 is 11.6 Å². The fourth-order valence-electron chi connectivity index (χ4n) is 1.96. The predicted octanol–water partition coefficient (Wildman–Crippen LogP) is 4.42. The van der Waals surface area contributed by atoms with Gasteiger partial charge in [0.15, 0.2) is 11.5 Å². The molecule has 0 aromatic heterocycles. The van der Waals surface area contributed by atoms with Gasteiger partial charge in [-0.2, -0.15) is 0 Å². The molecule has 1 aromatic carbocycles. The van der Waals surface area contributed by atoms with Gasteiger partial charge in [-0.3, -0.25) is 0 Å². The van der Waals surface area contributed by atoms with E-state index in [0.717, 1.165) is 18.7 Å². The van der Waals surface area contributed by atoms with Gasteiger partial charge in [0.1, 0.15) is 0 Å². The molecule has 114 valence electrons. The summed E-state index contributed by atoms with van der Waals surface area (Å²) in [7, 11) is 1.64. The Morgan fingerprint density at radius 3 is 2.60 bits per heavy atom. The van der Waals surface area contributed by atoms with Crippen molar-refractivity contribution in [1.29, 1.82) is 0 Å². The molecular formula is C16H26ClNO2. The molecule has 1 aromatic rings. The maximum absolute atomic E-state index is 6.29. The van der Waals surface area contributed by atoms with E-state index in [1.165, 1.54) is 19.3 Å². The van der Waals surface area contributed by atoms with Crippen LogP contribution in [0.4, 0.5) is 0 Å². The summed E-state index contributed by atoms with van der Waals surface area (Å²) < 4.78 is 11.1. The largest absolute Gasteiger partial charge is 0.493 e. The predicted molar refractivity (Wildman–Crippen MR) is 85.0 cm³/mol. The lowest BCUT2D eigenvalue weighted by atomic mass is 10.2. The minimum atomic E-state index is 0.0689. The minimum Gasteiger partial charge on any atom is -0.493 e. The van der Waals surface area contributed by atoms with Crippen LogP contribution in [0.3, 0.4) is 0 Å². The molecule has 4 heteroatoms. The first-order valence-corrected chi connectivity index (χ1v) is 7.70. The van der Waals surface area contributed by atoms with Crippen LogP contribution in [-0.4, -0.2) is 19.8 Å². The highest BCUT2D eigenvalue weighted by Gasteiger charge is 2.13. The van der Waals surface area contributed by atoms with E-state index < -0.39 is 0 Å². The summed E-state index contributed by atoms with van der Waals surface area (Å²) in [6, 6.07) is 3.92. The highest BCUT2D eigenvalue weighted by molar-refractivity contribution is 6.32. The Labute approximate surface area is 127 Å². The maximum atomic E-state index is 6.29. The Bertz CT molecular complexity index is 408. The lowest BCUT2D eigenvalue weighted by Crippen LogP contribution is -2.15. The van der Waals surface area contributed by atoms with Crippen molar-refractivity contribution in [2.24, 2.45) is 0 Å². The van der Waals surface area contributed by atoms with Crippen LogP contribution in [0, 0.1) is 0 Å². The van der Waals surface area contributed by atoms with Crippen molar-refractivity contribution < 1.29 is 9.47 Å². The van der Waals surface area contributed by atoms with Gasteiger partial charge in [0.05, 0.1) is 18.2 Å². The number of benzene rings is 1. The van der Waals surface area contributed by atoms with Gasteiger partial charge >= 0.3 is 0 Å². The molecule has 0 unspecified atom stereocenters. The molecule has 0 amide bonds. The van der Waals surface area contributed by atoms with Gasteiger partial charge in [-0.1, -0.05) is 31.4 Å². The summed E-state index contributed by atoms with van der Waals surface area (Å²) in [6.07, 6.45) is 3.77. The zero-order chi connectivity index (χ0) is 15.0. The van der Waals surface area contributed by atoms with Crippen LogP contribution in [0.15, 0.2) is 12.1 Å². The van der Waals surface area contributed by atoms with E-state index in [0.29, 0.717) is 16.5 Å². The lowest BCUT2D eigenvalue weighted by Gasteiger charge is -2.16. The quantitative estimate of drug-likeness (QED) is 0.685. The van der Waals surface area contributed by atoms with Crippen LogP contribution in [0.2, 0.25) is 5.02 Å². The fourth-order valence-corrected chi connectivity index (χ4v) is 2.24. The second kappa shape index (κ2) is 9.09. The summed E-state index contributed by atoms with van der Waals surface area (Å²) >= 11 is 6.29. The molecule has 0 heterocycles. The van der Waals surface area contributed by atoms with Gasteiger partial charge in [0.25, 0.3) is 0 Å². The van der Waals surface area contributed by atoms with Crippen molar-refractivity contribution in [1.82, 2.24) is 5.32 Å². The second-order valence-corrected chi connectivity index (χ2v) is 5.57. The van der Waals surface area contributed by atoms with Gasteiger partial charge in [-0.15, -0.1) is 0 Å². The molecule has 0 bridgehead atoms. The van der Waals surface area contributed by atoms with Crippen molar-refractivity contribution in [3.05, 3.63) is 22.7 Å². The molecule has 1 N–H and O–H groups in total. The monoisotopic (exact) mass is 299 g/mol. The van der Waals surface area contributed by atoms with E-state index in [-0.39, 0.29) is 6.10 Å². The molecule has 20 heavy (non-hydrogen) atoms. The Balaban J connectivity index is 2.67. The second-order valence-electron chi connectivity index (χ2n) is 5.16. The third-order valence-electron chi connectivity index (χ3n) is 2.93. The molecule has 0 aliphatic carbocycles. The maximum Gasteiger partial charge on any atom is 0.180 e. The van der Waals surface area contributed by atoms with Crippen molar-refractivity contribution in [3.8, 4) is 11.5 Å². The van der Waals surface area contributed by atoms with E-state index in [1.807, 2.05) is 26.0 Å². The fraction of sp³-hybridized carbons (Fsp3) is 0.625. The van der Waals surface area contributed by atoms with Gasteiger partial charge in [-0.05, 0) is 44.5 Å². The van der Waals surface area contributed by atoms with Gasteiger partial charge < -0.3 is 14.8 Å². The van der Waals surface area contributed by atoms with E-state index in [1.54, 1.807) is 7.11 Å². The van der Waals surface area contributed by atoms with Gasteiger partial charge in [0.2, 0.25) is 0 Å². The number of ether oxygens (including phenoxy) is 2. The molecule has 1 rings (SSSR count). The summed E-state index contributed by atoms with van der Waals surface area (Å²) in [5, 5.41) is 4.02. The van der Waals surface area contributed by atoms with Gasteiger partial charge in [-0.25, -0.2) is 0 Å². The Hall–Kier alpha value is -0.930. The molecule has 0 spiro atoms. The molecule has 0 radical (unpaired) electrons. The Kier molecular flexibility index (Phi) is 7.78. The first-order chi connectivity index (χ1) is 9.58. The zero-order valence-electron chi connectivity index (χ0n) is 13.0. The lowest BCUT2D eigenvalue weighted by molar-refractivity contribution is 0.230. The summed E-state index contributed by atoms with van der Waals surface area (Å²) in [6.45, 7) is 7.97. The van der Waals surface area contributed by atoms with Crippen LogP contribution in [-0.2, 0) is 6.54 Å². The first kappa shape index (κ1) is 17.1. The smallest absolute Gasteiger partial charge is 0.180 e. The van der Waals surface area contributed by atoms with Gasteiger partial charge in [0, 0.05) is 6.54 Å². The highest BCUT2D eigenvalue weighted by Crippen LogP contribution is 2.37. The topological polar surface area (TPSA) is 30.5 Å². The number of methoxy groups -OCH3 is 1. The van der Waals surface area contributed by atoms with Crippen molar-refractivity contribution in [2.75, 3.05) is 13.7 Å². The molecule has 0 fully saturated rings. The van der Waals surface area contributed by atoms with Crippen LogP contribution in [0.5, 0.6) is 11.5 Å². The molecule has 3 nitrogen and oxygen atoms in total. The SMILES string of the molecule is CCCCCNCc1cc(Cl)c(OC(C)C)c(OC)c1. The Morgan fingerprint density at radius 2 is 2.00 bits per heavy atom. The number of halogens is 1. The highest BCUT2D eigenvalue weighted by atomic mass is 35.5. The van der Waals surface area contributed by atoms with E-state index in [9.17, 15) is 0 Å². The van der Waals surface area contributed by atoms with Crippen molar-refractivity contribution in [3.63, 3.8) is 0 Å². The standard InChI is InChI=1S/C16H26ClNO2/c1-5-6-7-8-18-11-13-9-14(17)16(20-12(2)3)15(10-13)19-4/h9-10,12,18H,5-8,11H2,1-4H3. The summed E-state index contributed by atoms with van der Waals surface area (Å²) in [4.78, 5) is 0.